The Labute approximate surface area is 281 Å². The fourth-order valence-electron chi connectivity index (χ4n) is 6.80. The monoisotopic (exact) mass is 611 g/mol. The quantitative estimate of drug-likeness (QED) is 0.170. The lowest BCUT2D eigenvalue weighted by Gasteiger charge is -2.18. The number of rotatable bonds is 6. The van der Waals surface area contributed by atoms with E-state index in [4.69, 9.17) is 11.4 Å². The maximum absolute atomic E-state index is 6.35. The minimum absolute atomic E-state index is 0.226. The maximum atomic E-state index is 6.35. The van der Waals surface area contributed by atoms with E-state index in [9.17, 15) is 0 Å². The molecule has 1 heteroatoms. The molecule has 0 radical (unpaired) electrons. The second-order valence-corrected chi connectivity index (χ2v) is 12.4. The van der Waals surface area contributed by atoms with Crippen molar-refractivity contribution in [3.8, 4) is 34.6 Å². The van der Waals surface area contributed by atoms with E-state index in [-0.39, 0.29) is 5.92 Å². The van der Waals surface area contributed by atoms with Crippen LogP contribution in [0.15, 0.2) is 170 Å². The van der Waals surface area contributed by atoms with Crippen molar-refractivity contribution in [1.29, 1.82) is 0 Å². The van der Waals surface area contributed by atoms with Crippen molar-refractivity contribution in [2.75, 3.05) is 0 Å². The molecule has 0 aliphatic rings. The molecule has 0 bridgehead atoms. The van der Waals surface area contributed by atoms with Gasteiger partial charge in [0.1, 0.15) is 0 Å². The number of hydrogen-bond acceptors (Lipinski definition) is 1. The van der Waals surface area contributed by atoms with Gasteiger partial charge in [-0.1, -0.05) is 139 Å². The molecule has 0 fully saturated rings. The summed E-state index contributed by atoms with van der Waals surface area (Å²) in [7, 11) is 0. The van der Waals surface area contributed by atoms with Crippen LogP contribution in [0.3, 0.4) is 0 Å². The van der Waals surface area contributed by atoms with Gasteiger partial charge < -0.3 is 0 Å². The molecule has 1 atom stereocenters. The Morgan fingerprint density at radius 2 is 1.25 bits per heavy atom. The first-order valence-corrected chi connectivity index (χ1v) is 16.4. The van der Waals surface area contributed by atoms with Crippen molar-refractivity contribution in [1.82, 2.24) is 4.98 Å². The Bertz CT molecular complexity index is 2540. The summed E-state index contributed by atoms with van der Waals surface area (Å²) >= 11 is 0. The number of aryl methyl sites for hydroxylation is 1. The number of hydrogen-bond donors (Lipinski definition) is 0. The molecule has 7 aromatic carbocycles. The van der Waals surface area contributed by atoms with Crippen molar-refractivity contribution in [3.63, 3.8) is 0 Å². The first-order chi connectivity index (χ1) is 23.6. The average Bonchev–Trinajstić information content (AvgIpc) is 3.15. The van der Waals surface area contributed by atoms with Crippen LogP contribution in [-0.2, 0) is 0 Å². The topological polar surface area (TPSA) is 12.9 Å². The van der Waals surface area contributed by atoms with Crippen LogP contribution in [0, 0.1) is 19.3 Å². The van der Waals surface area contributed by atoms with E-state index in [0.29, 0.717) is 0 Å². The van der Waals surface area contributed by atoms with Gasteiger partial charge in [-0.2, -0.15) is 0 Å². The summed E-state index contributed by atoms with van der Waals surface area (Å²) in [5.74, 6) is 2.90. The highest BCUT2D eigenvalue weighted by Crippen LogP contribution is 2.37. The number of fused-ring (bicyclic) bond motifs is 3. The molecule has 0 amide bonds. The summed E-state index contributed by atoms with van der Waals surface area (Å²) in [5, 5.41) is 5.98. The average molecular weight is 612 g/mol. The third-order valence-corrected chi connectivity index (χ3v) is 9.37. The maximum Gasteiger partial charge on any atom is 0.0780 e. The van der Waals surface area contributed by atoms with Gasteiger partial charge in [-0.05, 0) is 103 Å². The number of para-hydroxylation sites is 1. The molecule has 8 aromatic rings. The van der Waals surface area contributed by atoms with Gasteiger partial charge >= 0.3 is 0 Å². The van der Waals surface area contributed by atoms with Crippen molar-refractivity contribution < 1.29 is 0 Å². The van der Waals surface area contributed by atoms with E-state index in [2.05, 4.69) is 171 Å². The molecule has 48 heavy (non-hydrogen) atoms. The first kappa shape index (κ1) is 29.2. The van der Waals surface area contributed by atoms with Gasteiger partial charge in [0.2, 0.25) is 0 Å². The van der Waals surface area contributed by atoms with Crippen molar-refractivity contribution in [2.45, 2.75) is 12.8 Å². The molecule has 1 aromatic heterocycles. The summed E-state index contributed by atoms with van der Waals surface area (Å²) in [4.78, 5) is 4.76. The molecule has 0 saturated heterocycles. The van der Waals surface area contributed by atoms with Crippen LogP contribution >= 0.6 is 0 Å². The molecule has 0 aliphatic carbocycles. The van der Waals surface area contributed by atoms with Gasteiger partial charge in [0.15, 0.2) is 0 Å². The minimum Gasteiger partial charge on any atom is -0.256 e. The highest BCUT2D eigenvalue weighted by atomic mass is 14.6. The molecule has 1 nitrogen and oxygen atoms in total. The molecule has 0 spiro atoms. The van der Waals surface area contributed by atoms with Gasteiger partial charge in [0.25, 0.3) is 0 Å². The zero-order valence-corrected chi connectivity index (χ0v) is 26.8. The van der Waals surface area contributed by atoms with Gasteiger partial charge in [-0.3, -0.25) is 4.98 Å². The fourth-order valence-corrected chi connectivity index (χ4v) is 6.80. The van der Waals surface area contributed by atoms with Crippen LogP contribution in [0.2, 0.25) is 0 Å². The lowest BCUT2D eigenvalue weighted by Crippen LogP contribution is -1.99. The Morgan fingerprint density at radius 1 is 0.583 bits per heavy atom. The van der Waals surface area contributed by atoms with E-state index >= 15 is 0 Å². The molecular weight excluding hydrogens is 579 g/mol. The second-order valence-electron chi connectivity index (χ2n) is 12.4. The van der Waals surface area contributed by atoms with Gasteiger partial charge in [0.05, 0.1) is 11.4 Å². The number of benzene rings is 7. The lowest BCUT2D eigenvalue weighted by atomic mass is 9.86. The molecule has 0 N–H and O–H groups in total. The SMILES string of the molecule is C#CC(/C=C(/c1cccc(-c2cccc3cccnc23)c1)c1cc(-c2ccc3ccccc3c2)ccc1C)c1ccc2ccccc2c1. The van der Waals surface area contributed by atoms with E-state index in [1.54, 1.807) is 0 Å². The minimum atomic E-state index is -0.226. The summed E-state index contributed by atoms with van der Waals surface area (Å²) in [6.45, 7) is 2.19. The third-order valence-electron chi connectivity index (χ3n) is 9.37. The smallest absolute Gasteiger partial charge is 0.0780 e. The van der Waals surface area contributed by atoms with Crippen LogP contribution in [-0.4, -0.2) is 4.98 Å². The van der Waals surface area contributed by atoms with Crippen molar-refractivity contribution >= 4 is 38.0 Å². The van der Waals surface area contributed by atoms with Gasteiger partial charge in [-0.25, -0.2) is 0 Å². The largest absolute Gasteiger partial charge is 0.256 e. The predicted molar refractivity (Wildman–Crippen MR) is 204 cm³/mol. The van der Waals surface area contributed by atoms with E-state index in [1.165, 1.54) is 38.2 Å². The Morgan fingerprint density at radius 3 is 2.06 bits per heavy atom. The summed E-state index contributed by atoms with van der Waals surface area (Å²) < 4.78 is 0. The van der Waals surface area contributed by atoms with Crippen LogP contribution in [0.4, 0.5) is 0 Å². The van der Waals surface area contributed by atoms with Gasteiger partial charge in [0, 0.05) is 17.1 Å². The second kappa shape index (κ2) is 12.5. The van der Waals surface area contributed by atoms with E-state index in [0.717, 1.165) is 44.3 Å². The van der Waals surface area contributed by atoms with Gasteiger partial charge in [-0.15, -0.1) is 6.42 Å². The predicted octanol–water partition coefficient (Wildman–Crippen LogP) is 12.0. The molecule has 1 unspecified atom stereocenters. The fraction of sp³-hybridized carbons (Fsp3) is 0.0426. The molecule has 0 aliphatic heterocycles. The van der Waals surface area contributed by atoms with Crippen LogP contribution in [0.25, 0.3) is 60.3 Å². The third kappa shape index (κ3) is 5.55. The number of allylic oxidation sites excluding steroid dienone is 1. The number of aromatic nitrogens is 1. The number of terminal acetylenes is 1. The zero-order valence-electron chi connectivity index (χ0n) is 26.8. The summed E-state index contributed by atoms with van der Waals surface area (Å²) in [5.41, 5.74) is 11.3. The summed E-state index contributed by atoms with van der Waals surface area (Å²) in [6.07, 6.45) is 10.5. The Kier molecular flexibility index (Phi) is 7.61. The van der Waals surface area contributed by atoms with E-state index < -0.39 is 0 Å². The Balaban J connectivity index is 1.31. The van der Waals surface area contributed by atoms with E-state index in [1.807, 2.05) is 12.3 Å². The summed E-state index contributed by atoms with van der Waals surface area (Å²) in [6, 6.07) is 56.3. The van der Waals surface area contributed by atoms with Crippen LogP contribution < -0.4 is 0 Å². The molecule has 0 saturated carbocycles. The van der Waals surface area contributed by atoms with Crippen LogP contribution in [0.5, 0.6) is 0 Å². The van der Waals surface area contributed by atoms with Crippen molar-refractivity contribution in [3.05, 3.63) is 192 Å². The normalized spacial score (nSPS) is 12.3. The van der Waals surface area contributed by atoms with Crippen LogP contribution in [0.1, 0.15) is 28.2 Å². The first-order valence-electron chi connectivity index (χ1n) is 16.4. The molecule has 226 valence electrons. The number of pyridine rings is 1. The lowest BCUT2D eigenvalue weighted by molar-refractivity contribution is 1.13. The Hall–Kier alpha value is -6.23. The standard InChI is InChI=1S/C47H33N/c1-3-33(39-24-22-34-11-4-6-13-37(34)27-39)30-46(43-17-8-16-42(29-43)44-19-9-15-36-18-10-26-48-47(36)44)45-31-41(21-20-32(45)2)40-25-23-35-12-5-7-14-38(35)28-40/h1,4-31,33H,2H3/b46-30-. The molecular formula is C47H33N. The van der Waals surface area contributed by atoms with Crippen molar-refractivity contribution in [2.24, 2.45) is 0 Å². The zero-order chi connectivity index (χ0) is 32.5. The highest BCUT2D eigenvalue weighted by molar-refractivity contribution is 5.95. The molecule has 1 heterocycles. The highest BCUT2D eigenvalue weighted by Gasteiger charge is 2.16. The number of nitrogens with zero attached hydrogens (tertiary/aromatic N) is 1. The molecule has 8 rings (SSSR count).